The molecular weight excluding hydrogens is 236 g/mol. The van der Waals surface area contributed by atoms with Crippen molar-refractivity contribution in [3.8, 4) is 0 Å². The molecular formula is C12H22N2O4. The van der Waals surface area contributed by atoms with Crippen LogP contribution in [0.2, 0.25) is 0 Å². The minimum atomic E-state index is -0.461. The Labute approximate surface area is 108 Å². The molecule has 0 radical (unpaired) electrons. The van der Waals surface area contributed by atoms with Crippen molar-refractivity contribution < 1.29 is 19.1 Å². The zero-order valence-electron chi connectivity index (χ0n) is 11.3. The summed E-state index contributed by atoms with van der Waals surface area (Å²) in [6, 6.07) is -0.461. The summed E-state index contributed by atoms with van der Waals surface area (Å²) in [4.78, 5) is 34.1. The lowest BCUT2D eigenvalue weighted by Gasteiger charge is -2.19. The number of rotatable bonds is 9. The van der Waals surface area contributed by atoms with E-state index in [-0.39, 0.29) is 11.9 Å². The third kappa shape index (κ3) is 6.88. The van der Waals surface area contributed by atoms with Gasteiger partial charge in [0.25, 0.3) is 0 Å². The number of carbonyl (C=O) groups excluding carboxylic acids is 3. The molecule has 1 N–H and O–H groups in total. The van der Waals surface area contributed by atoms with E-state index in [1.807, 2.05) is 0 Å². The molecule has 6 heteroatoms. The van der Waals surface area contributed by atoms with Crippen LogP contribution < -0.4 is 5.32 Å². The predicted octanol–water partition coefficient (Wildman–Crippen LogP) is 0.313. The number of ether oxygens (including phenoxy) is 1. The topological polar surface area (TPSA) is 75.7 Å². The van der Waals surface area contributed by atoms with E-state index in [9.17, 15) is 14.4 Å². The number of likely N-dealkylation sites (N-methyl/N-ethyl adjacent to an activating group) is 1. The summed E-state index contributed by atoms with van der Waals surface area (Å²) in [5.74, 6) is -0.377. The van der Waals surface area contributed by atoms with Crippen LogP contribution in [0.15, 0.2) is 0 Å². The summed E-state index contributed by atoms with van der Waals surface area (Å²) in [5.41, 5.74) is 0. The Morgan fingerprint density at radius 1 is 1.33 bits per heavy atom. The van der Waals surface area contributed by atoms with E-state index in [0.717, 1.165) is 19.3 Å². The second-order valence-corrected chi connectivity index (χ2v) is 4.12. The first-order chi connectivity index (χ1) is 8.52. The predicted molar refractivity (Wildman–Crippen MR) is 66.8 cm³/mol. The van der Waals surface area contributed by atoms with Crippen molar-refractivity contribution in [1.29, 1.82) is 0 Å². The van der Waals surface area contributed by atoms with E-state index in [1.165, 1.54) is 12.0 Å². The molecule has 0 fully saturated rings. The van der Waals surface area contributed by atoms with Crippen molar-refractivity contribution >= 4 is 18.3 Å². The number of methoxy groups -OCH3 is 1. The van der Waals surface area contributed by atoms with Crippen LogP contribution in [0.4, 0.5) is 0 Å². The molecule has 0 bridgehead atoms. The fourth-order valence-electron chi connectivity index (χ4n) is 1.31. The smallest absolute Gasteiger partial charge is 0.305 e. The molecule has 0 aliphatic rings. The van der Waals surface area contributed by atoms with Gasteiger partial charge in [-0.15, -0.1) is 0 Å². The van der Waals surface area contributed by atoms with Crippen LogP contribution in [0.3, 0.4) is 0 Å². The molecule has 0 aromatic heterocycles. The van der Waals surface area contributed by atoms with Crippen molar-refractivity contribution in [1.82, 2.24) is 10.2 Å². The van der Waals surface area contributed by atoms with Crippen LogP contribution in [0.1, 0.15) is 32.6 Å². The average molecular weight is 258 g/mol. The summed E-state index contributed by atoms with van der Waals surface area (Å²) in [7, 11) is 2.93. The highest BCUT2D eigenvalue weighted by atomic mass is 16.5. The molecule has 104 valence electrons. The summed E-state index contributed by atoms with van der Waals surface area (Å²) in [6.07, 6.45) is 3.45. The molecule has 1 atom stereocenters. The summed E-state index contributed by atoms with van der Waals surface area (Å²) >= 11 is 0. The van der Waals surface area contributed by atoms with Gasteiger partial charge in [0.1, 0.15) is 6.04 Å². The van der Waals surface area contributed by atoms with Gasteiger partial charge < -0.3 is 15.0 Å². The first kappa shape index (κ1) is 16.4. The zero-order valence-corrected chi connectivity index (χ0v) is 11.3. The number of hydrogen-bond donors (Lipinski definition) is 1. The molecule has 2 amide bonds. The molecule has 0 heterocycles. The fourth-order valence-corrected chi connectivity index (χ4v) is 1.31. The fraction of sp³-hybridized carbons (Fsp3) is 0.750. The molecule has 0 aromatic carbocycles. The van der Waals surface area contributed by atoms with Crippen LogP contribution in [0, 0.1) is 0 Å². The highest BCUT2D eigenvalue weighted by Gasteiger charge is 2.15. The van der Waals surface area contributed by atoms with Crippen LogP contribution >= 0.6 is 0 Å². The molecule has 0 rings (SSSR count). The highest BCUT2D eigenvalue weighted by molar-refractivity contribution is 5.83. The van der Waals surface area contributed by atoms with Gasteiger partial charge in [-0.05, 0) is 19.8 Å². The van der Waals surface area contributed by atoms with E-state index < -0.39 is 6.04 Å². The lowest BCUT2D eigenvalue weighted by Crippen LogP contribution is -2.42. The Bertz CT molecular complexity index is 281. The van der Waals surface area contributed by atoms with Gasteiger partial charge in [-0.2, -0.15) is 0 Å². The normalized spacial score (nSPS) is 11.5. The van der Waals surface area contributed by atoms with Gasteiger partial charge in [-0.3, -0.25) is 14.4 Å². The van der Waals surface area contributed by atoms with Crippen LogP contribution in [-0.4, -0.2) is 49.9 Å². The lowest BCUT2D eigenvalue weighted by atomic mass is 10.2. The van der Waals surface area contributed by atoms with Crippen molar-refractivity contribution in [3.05, 3.63) is 0 Å². The summed E-state index contributed by atoms with van der Waals surface area (Å²) in [6.45, 7) is 2.22. The molecule has 18 heavy (non-hydrogen) atoms. The van der Waals surface area contributed by atoms with E-state index in [0.29, 0.717) is 19.4 Å². The van der Waals surface area contributed by atoms with Crippen molar-refractivity contribution in [2.45, 2.75) is 38.6 Å². The number of hydrogen-bond acceptors (Lipinski definition) is 4. The van der Waals surface area contributed by atoms with Crippen molar-refractivity contribution in [2.75, 3.05) is 20.7 Å². The van der Waals surface area contributed by atoms with Crippen molar-refractivity contribution in [3.63, 3.8) is 0 Å². The van der Waals surface area contributed by atoms with E-state index >= 15 is 0 Å². The zero-order chi connectivity index (χ0) is 14.0. The number of amides is 2. The van der Waals surface area contributed by atoms with Crippen LogP contribution in [-0.2, 0) is 19.1 Å². The molecule has 0 saturated heterocycles. The molecule has 0 aliphatic carbocycles. The van der Waals surface area contributed by atoms with Crippen LogP contribution in [0.5, 0.6) is 0 Å². The Morgan fingerprint density at radius 3 is 2.56 bits per heavy atom. The standard InChI is InChI=1S/C12H22N2O4/c1-10(14(2)9-15)12(17)13-8-6-4-5-7-11(16)18-3/h9-10H,4-8H2,1-3H3,(H,13,17). The Hall–Kier alpha value is -1.59. The van der Waals surface area contributed by atoms with E-state index in [4.69, 9.17) is 0 Å². The highest BCUT2D eigenvalue weighted by Crippen LogP contribution is 2.00. The molecule has 0 aliphatic heterocycles. The molecule has 1 unspecified atom stereocenters. The van der Waals surface area contributed by atoms with Gasteiger partial charge in [-0.1, -0.05) is 6.42 Å². The maximum Gasteiger partial charge on any atom is 0.305 e. The SMILES string of the molecule is COC(=O)CCCCCNC(=O)C(C)N(C)C=O. The number of esters is 1. The van der Waals surface area contributed by atoms with Crippen LogP contribution in [0.25, 0.3) is 0 Å². The minimum absolute atomic E-state index is 0.169. The Kier molecular flexibility index (Phi) is 8.61. The maximum atomic E-state index is 11.5. The first-order valence-electron chi connectivity index (χ1n) is 6.04. The Morgan fingerprint density at radius 2 is 2.00 bits per heavy atom. The molecule has 6 nitrogen and oxygen atoms in total. The monoisotopic (exact) mass is 258 g/mol. The number of nitrogens with one attached hydrogen (secondary N) is 1. The third-order valence-corrected chi connectivity index (χ3v) is 2.74. The second kappa shape index (κ2) is 9.44. The van der Waals surface area contributed by atoms with E-state index in [1.54, 1.807) is 14.0 Å². The number of carbonyl (C=O) groups is 3. The quantitative estimate of drug-likeness (QED) is 0.367. The van der Waals surface area contributed by atoms with Gasteiger partial charge in [0.05, 0.1) is 7.11 Å². The molecule has 0 aromatic rings. The molecule has 0 spiro atoms. The van der Waals surface area contributed by atoms with E-state index in [2.05, 4.69) is 10.1 Å². The van der Waals surface area contributed by atoms with Gasteiger partial charge in [0.15, 0.2) is 0 Å². The number of unbranched alkanes of at least 4 members (excludes halogenated alkanes) is 2. The lowest BCUT2D eigenvalue weighted by molar-refractivity contribution is -0.140. The molecule has 0 saturated carbocycles. The third-order valence-electron chi connectivity index (χ3n) is 2.74. The number of nitrogens with zero attached hydrogens (tertiary/aromatic N) is 1. The first-order valence-corrected chi connectivity index (χ1v) is 6.04. The average Bonchev–Trinajstić information content (AvgIpc) is 2.39. The maximum absolute atomic E-state index is 11.5. The summed E-state index contributed by atoms with van der Waals surface area (Å²) in [5, 5.41) is 2.74. The van der Waals surface area contributed by atoms with Gasteiger partial charge in [0, 0.05) is 20.0 Å². The largest absolute Gasteiger partial charge is 0.469 e. The van der Waals surface area contributed by atoms with Gasteiger partial charge >= 0.3 is 5.97 Å². The Balaban J connectivity index is 3.57. The summed E-state index contributed by atoms with van der Waals surface area (Å²) < 4.78 is 4.52. The van der Waals surface area contributed by atoms with Gasteiger partial charge in [-0.25, -0.2) is 0 Å². The minimum Gasteiger partial charge on any atom is -0.469 e. The van der Waals surface area contributed by atoms with Gasteiger partial charge in [0.2, 0.25) is 12.3 Å². The van der Waals surface area contributed by atoms with Crippen molar-refractivity contribution in [2.24, 2.45) is 0 Å². The second-order valence-electron chi connectivity index (χ2n) is 4.12.